The van der Waals surface area contributed by atoms with Crippen LogP contribution in [0, 0.1) is 0 Å². The van der Waals surface area contributed by atoms with Crippen molar-refractivity contribution in [2.75, 3.05) is 7.11 Å². The standard InChI is InChI=1S/C23H19F2NO3/c1-28-20-14-12-19(13-15-20)26-21(18-10-6-3-7-11-18)23(24,25)22(27)29-16-17-8-4-2-5-9-17/h2-15H,16H2,1H3. The lowest BCUT2D eigenvalue weighted by atomic mass is 10.0. The number of carbonyl (C=O) groups excluding carboxylic acids is 1. The molecule has 0 saturated heterocycles. The van der Waals surface area contributed by atoms with Crippen LogP contribution in [0.1, 0.15) is 11.1 Å². The summed E-state index contributed by atoms with van der Waals surface area (Å²) in [5, 5.41) is 0. The Kier molecular flexibility index (Phi) is 6.34. The van der Waals surface area contributed by atoms with Crippen LogP contribution < -0.4 is 4.74 Å². The molecule has 3 aromatic rings. The summed E-state index contributed by atoms with van der Waals surface area (Å²) in [6, 6.07) is 22.8. The maximum absolute atomic E-state index is 15.1. The maximum Gasteiger partial charge on any atom is 0.385 e. The molecule has 0 amide bonds. The van der Waals surface area contributed by atoms with Gasteiger partial charge in [-0.05, 0) is 29.8 Å². The second-order valence-corrected chi connectivity index (χ2v) is 6.16. The predicted octanol–water partition coefficient (Wildman–Crippen LogP) is 5.19. The fraction of sp³-hybridized carbons (Fsp3) is 0.130. The predicted molar refractivity (Wildman–Crippen MR) is 107 cm³/mol. The smallest absolute Gasteiger partial charge is 0.385 e. The van der Waals surface area contributed by atoms with Crippen molar-refractivity contribution in [1.82, 2.24) is 0 Å². The molecule has 3 aromatic carbocycles. The Hall–Kier alpha value is -3.54. The number of methoxy groups -OCH3 is 1. The molecule has 0 heterocycles. The molecule has 3 rings (SSSR count). The van der Waals surface area contributed by atoms with Crippen LogP contribution in [0.3, 0.4) is 0 Å². The van der Waals surface area contributed by atoms with Crippen LogP contribution >= 0.6 is 0 Å². The largest absolute Gasteiger partial charge is 0.497 e. The first-order valence-corrected chi connectivity index (χ1v) is 8.88. The molecule has 0 spiro atoms. The average molecular weight is 395 g/mol. The second-order valence-electron chi connectivity index (χ2n) is 6.16. The number of rotatable bonds is 7. The van der Waals surface area contributed by atoms with Gasteiger partial charge in [0.25, 0.3) is 0 Å². The molecule has 0 atom stereocenters. The first kappa shape index (κ1) is 20.2. The highest BCUT2D eigenvalue weighted by atomic mass is 19.3. The van der Waals surface area contributed by atoms with Crippen LogP contribution in [0.5, 0.6) is 5.75 Å². The fourth-order valence-corrected chi connectivity index (χ4v) is 2.61. The normalized spacial score (nSPS) is 11.8. The van der Waals surface area contributed by atoms with Crippen LogP contribution in [0.4, 0.5) is 14.5 Å². The summed E-state index contributed by atoms with van der Waals surface area (Å²) in [6.45, 7) is -0.250. The lowest BCUT2D eigenvalue weighted by molar-refractivity contribution is -0.164. The molecule has 0 N–H and O–H groups in total. The van der Waals surface area contributed by atoms with Crippen molar-refractivity contribution in [1.29, 1.82) is 0 Å². The topological polar surface area (TPSA) is 47.9 Å². The van der Waals surface area contributed by atoms with Crippen LogP contribution in [0.2, 0.25) is 0 Å². The molecule has 6 heteroatoms. The van der Waals surface area contributed by atoms with E-state index in [4.69, 9.17) is 9.47 Å². The van der Waals surface area contributed by atoms with Crippen LogP contribution in [-0.2, 0) is 16.1 Å². The van der Waals surface area contributed by atoms with Crippen molar-refractivity contribution >= 4 is 17.4 Å². The molecule has 0 fully saturated rings. The number of ether oxygens (including phenoxy) is 2. The summed E-state index contributed by atoms with van der Waals surface area (Å²) in [4.78, 5) is 16.3. The van der Waals surface area contributed by atoms with Crippen LogP contribution in [0.25, 0.3) is 0 Å². The van der Waals surface area contributed by atoms with E-state index in [1.165, 1.54) is 31.4 Å². The fourth-order valence-electron chi connectivity index (χ4n) is 2.61. The Labute approximate surface area is 167 Å². The Bertz CT molecular complexity index is 972. The molecule has 4 nitrogen and oxygen atoms in total. The summed E-state index contributed by atoms with van der Waals surface area (Å²) < 4.78 is 40.1. The van der Waals surface area contributed by atoms with Gasteiger partial charge in [0.05, 0.1) is 12.8 Å². The molecule has 0 radical (unpaired) electrons. The molecule has 0 aliphatic rings. The van der Waals surface area contributed by atoms with Crippen LogP contribution in [0.15, 0.2) is 89.9 Å². The summed E-state index contributed by atoms with van der Waals surface area (Å²) in [5.74, 6) is -5.02. The van der Waals surface area contributed by atoms with Crippen molar-refractivity contribution < 1.29 is 23.0 Å². The van der Waals surface area contributed by atoms with Gasteiger partial charge in [0, 0.05) is 5.56 Å². The first-order chi connectivity index (χ1) is 14.0. The lowest BCUT2D eigenvalue weighted by Gasteiger charge is -2.18. The lowest BCUT2D eigenvalue weighted by Crippen LogP contribution is -2.40. The van der Waals surface area contributed by atoms with E-state index in [2.05, 4.69) is 4.99 Å². The molecule has 0 unspecified atom stereocenters. The minimum atomic E-state index is -3.93. The van der Waals surface area contributed by atoms with Crippen molar-refractivity contribution in [3.05, 3.63) is 96.1 Å². The molecule has 148 valence electrons. The van der Waals surface area contributed by atoms with Crippen molar-refractivity contribution in [2.24, 2.45) is 4.99 Å². The number of aliphatic imine (C=N–C) groups is 1. The zero-order valence-corrected chi connectivity index (χ0v) is 15.7. The van der Waals surface area contributed by atoms with Crippen molar-refractivity contribution in [2.45, 2.75) is 12.5 Å². The van der Waals surface area contributed by atoms with Gasteiger partial charge in [0.2, 0.25) is 0 Å². The number of alkyl halides is 2. The number of nitrogens with zero attached hydrogens (tertiary/aromatic N) is 1. The molecule has 0 aliphatic carbocycles. The minimum Gasteiger partial charge on any atom is -0.497 e. The number of esters is 1. The van der Waals surface area contributed by atoms with Gasteiger partial charge in [-0.3, -0.25) is 0 Å². The van der Waals surface area contributed by atoms with Crippen molar-refractivity contribution in [3.63, 3.8) is 0 Å². The maximum atomic E-state index is 15.1. The Morgan fingerprint density at radius 3 is 2.07 bits per heavy atom. The highest BCUT2D eigenvalue weighted by molar-refractivity contribution is 6.17. The van der Waals surface area contributed by atoms with Crippen LogP contribution in [-0.4, -0.2) is 24.7 Å². The quantitative estimate of drug-likeness (QED) is 0.408. The van der Waals surface area contributed by atoms with Gasteiger partial charge in [-0.25, -0.2) is 9.79 Å². The monoisotopic (exact) mass is 395 g/mol. The van der Waals surface area contributed by atoms with Gasteiger partial charge < -0.3 is 9.47 Å². The molecule has 0 aromatic heterocycles. The summed E-state index contributed by atoms with van der Waals surface area (Å²) in [7, 11) is 1.50. The summed E-state index contributed by atoms with van der Waals surface area (Å²) in [5.41, 5.74) is 0.330. The van der Waals surface area contributed by atoms with Gasteiger partial charge in [0.15, 0.2) is 0 Å². The highest BCUT2D eigenvalue weighted by Gasteiger charge is 2.47. The first-order valence-electron chi connectivity index (χ1n) is 8.88. The van der Waals surface area contributed by atoms with Gasteiger partial charge in [-0.2, -0.15) is 8.78 Å². The Morgan fingerprint density at radius 2 is 1.48 bits per heavy atom. The number of benzene rings is 3. The molecular formula is C23H19F2NO3. The number of hydrogen-bond donors (Lipinski definition) is 0. The number of carbonyl (C=O) groups is 1. The molecule has 0 saturated carbocycles. The van der Waals surface area contributed by atoms with E-state index in [9.17, 15) is 4.79 Å². The van der Waals surface area contributed by atoms with Gasteiger partial charge in [-0.15, -0.1) is 0 Å². The zero-order valence-electron chi connectivity index (χ0n) is 15.7. The average Bonchev–Trinajstić information content (AvgIpc) is 2.77. The number of halogens is 2. The molecule has 29 heavy (non-hydrogen) atoms. The highest BCUT2D eigenvalue weighted by Crippen LogP contribution is 2.27. The van der Waals surface area contributed by atoms with E-state index in [1.807, 2.05) is 0 Å². The minimum absolute atomic E-state index is 0.130. The van der Waals surface area contributed by atoms with Gasteiger partial charge in [0.1, 0.15) is 18.1 Å². The summed E-state index contributed by atoms with van der Waals surface area (Å²) >= 11 is 0. The Balaban J connectivity index is 1.91. The third-order valence-corrected chi connectivity index (χ3v) is 4.13. The molecule has 0 bridgehead atoms. The van der Waals surface area contributed by atoms with E-state index in [0.717, 1.165) is 0 Å². The van der Waals surface area contributed by atoms with E-state index < -0.39 is 17.6 Å². The SMILES string of the molecule is COc1ccc(N=C(c2ccccc2)C(F)(F)C(=O)OCc2ccccc2)cc1. The van der Waals surface area contributed by atoms with Gasteiger partial charge in [-0.1, -0.05) is 60.7 Å². The summed E-state index contributed by atoms with van der Waals surface area (Å²) in [6.07, 6.45) is 0. The number of hydrogen-bond acceptors (Lipinski definition) is 4. The zero-order chi connectivity index (χ0) is 20.7. The van der Waals surface area contributed by atoms with E-state index in [1.54, 1.807) is 60.7 Å². The third-order valence-electron chi connectivity index (χ3n) is 4.13. The molecular weight excluding hydrogens is 376 g/mol. The third kappa shape index (κ3) is 5.04. The van der Waals surface area contributed by atoms with E-state index in [0.29, 0.717) is 11.3 Å². The second kappa shape index (κ2) is 9.10. The molecule has 0 aliphatic heterocycles. The van der Waals surface area contributed by atoms with Gasteiger partial charge >= 0.3 is 11.9 Å². The Morgan fingerprint density at radius 1 is 0.897 bits per heavy atom. The van der Waals surface area contributed by atoms with E-state index >= 15 is 8.78 Å². The van der Waals surface area contributed by atoms with E-state index in [-0.39, 0.29) is 17.9 Å². The van der Waals surface area contributed by atoms with Crippen molar-refractivity contribution in [3.8, 4) is 5.75 Å².